The minimum absolute atomic E-state index is 0.0185. The molecule has 0 unspecified atom stereocenters. The van der Waals surface area contributed by atoms with Crippen LogP contribution in [0.15, 0.2) is 29.3 Å². The van der Waals surface area contributed by atoms with Gasteiger partial charge >= 0.3 is 12.0 Å². The Morgan fingerprint density at radius 3 is 2.52 bits per heavy atom. The zero-order valence-corrected chi connectivity index (χ0v) is 18.7. The Balaban J connectivity index is 1.58. The third-order valence-electron chi connectivity index (χ3n) is 5.73. The van der Waals surface area contributed by atoms with E-state index in [-0.39, 0.29) is 17.9 Å². The number of carbonyl (C=O) groups excluding carboxylic acids is 2. The predicted octanol–water partition coefficient (Wildman–Crippen LogP) is 3.05. The standard InChI is InChI=1S/C23H35N5O3/c1-3-24-22(27-14-10-19(11-15-27)21(29)31-4-2)25-17-18-8-7-9-20(16-18)26-23(30)28-12-5-6-13-28/h7-9,16,19H,3-6,10-15,17H2,1-2H3,(H,24,25)(H,26,30). The third-order valence-corrected chi connectivity index (χ3v) is 5.73. The van der Waals surface area contributed by atoms with Gasteiger partial charge in [-0.15, -0.1) is 0 Å². The molecule has 0 spiro atoms. The number of nitrogens with zero attached hydrogens (tertiary/aromatic N) is 3. The van der Waals surface area contributed by atoms with Crippen LogP contribution in [0.4, 0.5) is 10.5 Å². The lowest BCUT2D eigenvalue weighted by Crippen LogP contribution is -2.46. The van der Waals surface area contributed by atoms with Gasteiger partial charge in [-0.1, -0.05) is 12.1 Å². The van der Waals surface area contributed by atoms with Crippen LogP contribution in [0.1, 0.15) is 45.1 Å². The van der Waals surface area contributed by atoms with E-state index in [1.807, 2.05) is 36.1 Å². The molecule has 2 saturated heterocycles. The predicted molar refractivity (Wildman–Crippen MR) is 122 cm³/mol. The second-order valence-electron chi connectivity index (χ2n) is 8.01. The van der Waals surface area contributed by atoms with Crippen molar-refractivity contribution < 1.29 is 14.3 Å². The molecule has 8 heteroatoms. The van der Waals surface area contributed by atoms with Crippen LogP contribution in [0, 0.1) is 5.92 Å². The molecule has 3 rings (SSSR count). The third kappa shape index (κ3) is 6.60. The van der Waals surface area contributed by atoms with Crippen LogP contribution in [0.2, 0.25) is 0 Å². The first-order chi connectivity index (χ1) is 15.1. The largest absolute Gasteiger partial charge is 0.466 e. The Morgan fingerprint density at radius 1 is 1.10 bits per heavy atom. The monoisotopic (exact) mass is 429 g/mol. The highest BCUT2D eigenvalue weighted by Crippen LogP contribution is 2.19. The van der Waals surface area contributed by atoms with Crippen LogP contribution in [0.3, 0.4) is 0 Å². The minimum Gasteiger partial charge on any atom is -0.466 e. The lowest BCUT2D eigenvalue weighted by atomic mass is 9.97. The number of amides is 2. The molecule has 170 valence electrons. The molecule has 8 nitrogen and oxygen atoms in total. The second-order valence-corrected chi connectivity index (χ2v) is 8.01. The van der Waals surface area contributed by atoms with Crippen LogP contribution >= 0.6 is 0 Å². The topological polar surface area (TPSA) is 86.3 Å². The van der Waals surface area contributed by atoms with Crippen molar-refractivity contribution in [3.63, 3.8) is 0 Å². The van der Waals surface area contributed by atoms with E-state index in [0.29, 0.717) is 13.2 Å². The van der Waals surface area contributed by atoms with E-state index >= 15 is 0 Å². The Kier molecular flexibility index (Phi) is 8.55. The number of aliphatic imine (C=N–C) groups is 1. The number of nitrogens with one attached hydrogen (secondary N) is 2. The van der Waals surface area contributed by atoms with Gasteiger partial charge in [0.2, 0.25) is 0 Å². The molecule has 1 aromatic rings. The number of likely N-dealkylation sites (tertiary alicyclic amines) is 2. The molecule has 1 aromatic carbocycles. The van der Waals surface area contributed by atoms with Crippen LogP contribution in [-0.2, 0) is 16.1 Å². The summed E-state index contributed by atoms with van der Waals surface area (Å²) in [6.45, 7) is 8.84. The summed E-state index contributed by atoms with van der Waals surface area (Å²) < 4.78 is 5.16. The quantitative estimate of drug-likeness (QED) is 0.412. The summed E-state index contributed by atoms with van der Waals surface area (Å²) in [6.07, 6.45) is 3.71. The summed E-state index contributed by atoms with van der Waals surface area (Å²) in [6, 6.07) is 7.82. The average Bonchev–Trinajstić information content (AvgIpc) is 3.32. The van der Waals surface area contributed by atoms with Gasteiger partial charge in [-0.25, -0.2) is 9.79 Å². The summed E-state index contributed by atoms with van der Waals surface area (Å²) in [5.41, 5.74) is 1.83. The maximum atomic E-state index is 12.3. The lowest BCUT2D eigenvalue weighted by Gasteiger charge is -2.33. The van der Waals surface area contributed by atoms with Gasteiger partial charge in [-0.3, -0.25) is 4.79 Å². The van der Waals surface area contributed by atoms with Crippen LogP contribution in [0.25, 0.3) is 0 Å². The van der Waals surface area contributed by atoms with E-state index in [9.17, 15) is 9.59 Å². The molecule has 2 fully saturated rings. The van der Waals surface area contributed by atoms with E-state index in [1.165, 1.54) is 0 Å². The summed E-state index contributed by atoms with van der Waals surface area (Å²) in [5, 5.41) is 6.35. The molecule has 2 N–H and O–H groups in total. The number of esters is 1. The Morgan fingerprint density at radius 2 is 1.84 bits per heavy atom. The number of guanidine groups is 1. The van der Waals surface area contributed by atoms with E-state index in [0.717, 1.165) is 75.6 Å². The maximum Gasteiger partial charge on any atom is 0.321 e. The van der Waals surface area contributed by atoms with Gasteiger partial charge in [0.1, 0.15) is 0 Å². The molecule has 2 heterocycles. The maximum absolute atomic E-state index is 12.3. The summed E-state index contributed by atoms with van der Waals surface area (Å²) in [4.78, 5) is 33.2. The first-order valence-electron chi connectivity index (χ1n) is 11.5. The highest BCUT2D eigenvalue weighted by molar-refractivity contribution is 5.89. The Bertz CT molecular complexity index is 768. The molecule has 0 bridgehead atoms. The first kappa shape index (κ1) is 22.9. The van der Waals surface area contributed by atoms with E-state index < -0.39 is 0 Å². The fourth-order valence-electron chi connectivity index (χ4n) is 4.05. The number of urea groups is 1. The molecule has 0 atom stereocenters. The SMILES string of the molecule is CCNC(=NCc1cccc(NC(=O)N2CCCC2)c1)N1CCC(C(=O)OCC)CC1. The molecule has 0 saturated carbocycles. The van der Waals surface area contributed by atoms with Crippen molar-refractivity contribution in [3.8, 4) is 0 Å². The molecule has 0 aliphatic carbocycles. The fraction of sp³-hybridized carbons (Fsp3) is 0.609. The highest BCUT2D eigenvalue weighted by atomic mass is 16.5. The highest BCUT2D eigenvalue weighted by Gasteiger charge is 2.27. The van der Waals surface area contributed by atoms with Crippen molar-refractivity contribution in [2.45, 2.75) is 46.1 Å². The number of ether oxygens (including phenoxy) is 1. The van der Waals surface area contributed by atoms with Gasteiger partial charge in [0, 0.05) is 38.4 Å². The number of carbonyl (C=O) groups is 2. The zero-order chi connectivity index (χ0) is 22.1. The van der Waals surface area contributed by atoms with Crippen molar-refractivity contribution in [2.75, 3.05) is 44.6 Å². The number of piperidine rings is 1. The van der Waals surface area contributed by atoms with Crippen molar-refractivity contribution in [3.05, 3.63) is 29.8 Å². The van der Waals surface area contributed by atoms with Gasteiger partial charge in [0.05, 0.1) is 19.1 Å². The fourth-order valence-corrected chi connectivity index (χ4v) is 4.05. The van der Waals surface area contributed by atoms with Crippen LogP contribution in [0.5, 0.6) is 0 Å². The molecular formula is C23H35N5O3. The van der Waals surface area contributed by atoms with E-state index in [4.69, 9.17) is 9.73 Å². The van der Waals surface area contributed by atoms with E-state index in [1.54, 1.807) is 0 Å². The molecule has 2 aliphatic rings. The summed E-state index contributed by atoms with van der Waals surface area (Å²) in [5.74, 6) is 0.753. The second kappa shape index (κ2) is 11.6. The molecule has 2 amide bonds. The number of rotatable bonds is 6. The smallest absolute Gasteiger partial charge is 0.321 e. The van der Waals surface area contributed by atoms with Crippen molar-refractivity contribution in [1.82, 2.24) is 15.1 Å². The van der Waals surface area contributed by atoms with Gasteiger partial charge in [0.15, 0.2) is 5.96 Å². The van der Waals surface area contributed by atoms with Crippen molar-refractivity contribution in [2.24, 2.45) is 10.9 Å². The minimum atomic E-state index is -0.0862. The molecule has 0 radical (unpaired) electrons. The molecule has 2 aliphatic heterocycles. The van der Waals surface area contributed by atoms with Gasteiger partial charge in [-0.05, 0) is 57.2 Å². The van der Waals surface area contributed by atoms with Gasteiger partial charge in [0.25, 0.3) is 0 Å². The van der Waals surface area contributed by atoms with Gasteiger partial charge in [-0.2, -0.15) is 0 Å². The number of benzene rings is 1. The van der Waals surface area contributed by atoms with Gasteiger partial charge < -0.3 is 25.2 Å². The van der Waals surface area contributed by atoms with Crippen LogP contribution < -0.4 is 10.6 Å². The van der Waals surface area contributed by atoms with Crippen molar-refractivity contribution in [1.29, 1.82) is 0 Å². The number of hydrogen-bond donors (Lipinski definition) is 2. The molecular weight excluding hydrogens is 394 g/mol. The average molecular weight is 430 g/mol. The van der Waals surface area contributed by atoms with Crippen LogP contribution in [-0.4, -0.2) is 67.1 Å². The summed E-state index contributed by atoms with van der Waals surface area (Å²) >= 11 is 0. The zero-order valence-electron chi connectivity index (χ0n) is 18.7. The summed E-state index contributed by atoms with van der Waals surface area (Å²) in [7, 11) is 0. The first-order valence-corrected chi connectivity index (χ1v) is 11.5. The molecule has 0 aromatic heterocycles. The van der Waals surface area contributed by atoms with E-state index in [2.05, 4.69) is 22.5 Å². The lowest BCUT2D eigenvalue weighted by molar-refractivity contribution is -0.149. The Labute approximate surface area is 185 Å². The normalized spacial score (nSPS) is 17.5. The van der Waals surface area contributed by atoms with Crippen molar-refractivity contribution >= 4 is 23.6 Å². The Hall–Kier alpha value is -2.77. The number of anilines is 1. The number of hydrogen-bond acceptors (Lipinski definition) is 4. The molecule has 31 heavy (non-hydrogen) atoms.